The Kier molecular flexibility index (Phi) is 3.40. The zero-order valence-electron chi connectivity index (χ0n) is 10.5. The SMILES string of the molecule is CN1CCCn2nc(C(=N)N(C)C)c(Cl)c2C1. The van der Waals surface area contributed by atoms with Gasteiger partial charge in [-0.25, -0.2) is 0 Å². The second-order valence-corrected chi connectivity index (χ2v) is 5.04. The van der Waals surface area contributed by atoms with Crippen LogP contribution in [-0.4, -0.2) is 53.1 Å². The molecule has 1 aromatic heterocycles. The number of amidine groups is 1. The van der Waals surface area contributed by atoms with Crippen molar-refractivity contribution in [3.63, 3.8) is 0 Å². The monoisotopic (exact) mass is 255 g/mol. The van der Waals surface area contributed by atoms with Gasteiger partial charge in [-0.1, -0.05) is 11.6 Å². The summed E-state index contributed by atoms with van der Waals surface area (Å²) in [4.78, 5) is 3.95. The first-order valence-electron chi connectivity index (χ1n) is 5.70. The van der Waals surface area contributed by atoms with Crippen LogP contribution >= 0.6 is 11.6 Å². The highest BCUT2D eigenvalue weighted by Crippen LogP contribution is 2.25. The Morgan fingerprint density at radius 3 is 2.76 bits per heavy atom. The van der Waals surface area contributed by atoms with Crippen LogP contribution in [0.5, 0.6) is 0 Å². The van der Waals surface area contributed by atoms with Crippen LogP contribution in [-0.2, 0) is 13.1 Å². The van der Waals surface area contributed by atoms with Crippen LogP contribution in [0.4, 0.5) is 0 Å². The third kappa shape index (κ3) is 2.30. The molecule has 94 valence electrons. The van der Waals surface area contributed by atoms with E-state index in [1.165, 1.54) is 0 Å². The fourth-order valence-corrected chi connectivity index (χ4v) is 2.28. The molecule has 17 heavy (non-hydrogen) atoms. The summed E-state index contributed by atoms with van der Waals surface area (Å²) in [6.07, 6.45) is 1.07. The van der Waals surface area contributed by atoms with Crippen LogP contribution in [0.3, 0.4) is 0 Å². The third-order valence-electron chi connectivity index (χ3n) is 2.99. The predicted octanol–water partition coefficient (Wildman–Crippen LogP) is 1.26. The first kappa shape index (κ1) is 12.4. The van der Waals surface area contributed by atoms with Crippen molar-refractivity contribution in [1.82, 2.24) is 19.6 Å². The number of fused-ring (bicyclic) bond motifs is 1. The van der Waals surface area contributed by atoms with Gasteiger partial charge < -0.3 is 9.80 Å². The summed E-state index contributed by atoms with van der Waals surface area (Å²) >= 11 is 6.34. The van der Waals surface area contributed by atoms with E-state index < -0.39 is 0 Å². The summed E-state index contributed by atoms with van der Waals surface area (Å²) in [5.41, 5.74) is 1.61. The zero-order chi connectivity index (χ0) is 12.6. The lowest BCUT2D eigenvalue weighted by Crippen LogP contribution is -2.23. The second-order valence-electron chi connectivity index (χ2n) is 4.67. The van der Waals surface area contributed by atoms with Gasteiger partial charge in [-0.2, -0.15) is 5.10 Å². The summed E-state index contributed by atoms with van der Waals surface area (Å²) in [5.74, 6) is 0.359. The average Bonchev–Trinajstić information content (AvgIpc) is 2.47. The molecular formula is C11H18ClN5. The third-order valence-corrected chi connectivity index (χ3v) is 3.39. The van der Waals surface area contributed by atoms with E-state index in [-0.39, 0.29) is 0 Å². The Morgan fingerprint density at radius 2 is 2.12 bits per heavy atom. The summed E-state index contributed by atoms with van der Waals surface area (Å²) in [6, 6.07) is 0. The average molecular weight is 256 g/mol. The number of nitrogens with zero attached hydrogens (tertiary/aromatic N) is 4. The highest BCUT2D eigenvalue weighted by atomic mass is 35.5. The number of aryl methyl sites for hydroxylation is 1. The summed E-state index contributed by atoms with van der Waals surface area (Å²) in [6.45, 7) is 2.73. The Labute approximate surface area is 106 Å². The summed E-state index contributed by atoms with van der Waals surface area (Å²) < 4.78 is 1.94. The maximum Gasteiger partial charge on any atom is 0.150 e. The number of halogens is 1. The normalized spacial score (nSPS) is 16.5. The minimum absolute atomic E-state index is 0.359. The number of hydrogen-bond acceptors (Lipinski definition) is 3. The molecule has 0 aliphatic carbocycles. The van der Waals surface area contributed by atoms with Crippen LogP contribution in [0.2, 0.25) is 5.02 Å². The smallest absolute Gasteiger partial charge is 0.150 e. The molecule has 0 spiro atoms. The lowest BCUT2D eigenvalue weighted by molar-refractivity contribution is 0.332. The van der Waals surface area contributed by atoms with Crippen molar-refractivity contribution >= 4 is 17.4 Å². The number of rotatable bonds is 1. The van der Waals surface area contributed by atoms with Crippen LogP contribution in [0, 0.1) is 5.41 Å². The first-order chi connectivity index (χ1) is 8.00. The molecule has 0 radical (unpaired) electrons. The van der Waals surface area contributed by atoms with Crippen LogP contribution < -0.4 is 0 Å². The fraction of sp³-hybridized carbons (Fsp3) is 0.636. The van der Waals surface area contributed by atoms with Crippen LogP contribution in [0.25, 0.3) is 0 Å². The van der Waals surface area contributed by atoms with E-state index in [2.05, 4.69) is 17.0 Å². The summed E-state index contributed by atoms with van der Waals surface area (Å²) in [7, 11) is 5.74. The van der Waals surface area contributed by atoms with Gasteiger partial charge in [0.15, 0.2) is 0 Å². The van der Waals surface area contributed by atoms with Crippen molar-refractivity contribution in [2.75, 3.05) is 27.7 Å². The van der Waals surface area contributed by atoms with Crippen molar-refractivity contribution < 1.29 is 0 Å². The van der Waals surface area contributed by atoms with Crippen molar-refractivity contribution in [3.05, 3.63) is 16.4 Å². The molecule has 2 rings (SSSR count). The van der Waals surface area contributed by atoms with E-state index in [0.717, 1.165) is 31.7 Å². The minimum Gasteiger partial charge on any atom is -0.361 e. The Morgan fingerprint density at radius 1 is 1.41 bits per heavy atom. The molecular weight excluding hydrogens is 238 g/mol. The zero-order valence-corrected chi connectivity index (χ0v) is 11.3. The van der Waals surface area contributed by atoms with Gasteiger partial charge in [0.25, 0.3) is 0 Å². The van der Waals surface area contributed by atoms with Crippen LogP contribution in [0.15, 0.2) is 0 Å². The van der Waals surface area contributed by atoms with Crippen molar-refractivity contribution in [1.29, 1.82) is 5.41 Å². The molecule has 1 aromatic rings. The van der Waals surface area contributed by atoms with Gasteiger partial charge in [0.2, 0.25) is 0 Å². The van der Waals surface area contributed by atoms with Gasteiger partial charge in [-0.05, 0) is 13.5 Å². The van der Waals surface area contributed by atoms with Crippen LogP contribution in [0.1, 0.15) is 17.8 Å². The van der Waals surface area contributed by atoms with E-state index in [4.69, 9.17) is 17.0 Å². The van der Waals surface area contributed by atoms with Crippen molar-refractivity contribution in [2.24, 2.45) is 0 Å². The molecule has 1 N–H and O–H groups in total. The molecule has 0 amide bonds. The van der Waals surface area contributed by atoms with Gasteiger partial charge >= 0.3 is 0 Å². The molecule has 6 heteroatoms. The molecule has 0 saturated heterocycles. The van der Waals surface area contributed by atoms with E-state index in [0.29, 0.717) is 16.6 Å². The maximum atomic E-state index is 7.96. The number of nitrogens with one attached hydrogen (secondary N) is 1. The standard InChI is InChI=1S/C11H18ClN5/c1-15(2)11(13)10-9(12)8-7-16(3)5-4-6-17(8)14-10/h13H,4-7H2,1-3H3. The minimum atomic E-state index is 0.359. The van der Waals surface area contributed by atoms with E-state index in [1.807, 2.05) is 18.8 Å². The highest BCUT2D eigenvalue weighted by molar-refractivity contribution is 6.34. The Bertz CT molecular complexity index is 437. The van der Waals surface area contributed by atoms with Gasteiger partial charge in [0.1, 0.15) is 11.5 Å². The lowest BCUT2D eigenvalue weighted by Gasteiger charge is -2.13. The van der Waals surface area contributed by atoms with E-state index in [1.54, 1.807) is 4.90 Å². The number of hydrogen-bond donors (Lipinski definition) is 1. The quantitative estimate of drug-likeness (QED) is 0.607. The van der Waals surface area contributed by atoms with Crippen molar-refractivity contribution in [3.8, 4) is 0 Å². The largest absolute Gasteiger partial charge is 0.361 e. The first-order valence-corrected chi connectivity index (χ1v) is 6.08. The molecule has 5 nitrogen and oxygen atoms in total. The molecule has 0 saturated carbocycles. The molecule has 0 atom stereocenters. The topological polar surface area (TPSA) is 48.2 Å². The fourth-order valence-electron chi connectivity index (χ4n) is 2.00. The summed E-state index contributed by atoms with van der Waals surface area (Å²) in [5, 5.41) is 13.0. The van der Waals surface area contributed by atoms with Gasteiger partial charge in [-0.3, -0.25) is 10.1 Å². The van der Waals surface area contributed by atoms with Gasteiger partial charge in [0, 0.05) is 33.7 Å². The molecule has 2 heterocycles. The maximum absolute atomic E-state index is 7.96. The lowest BCUT2D eigenvalue weighted by atomic mass is 10.3. The molecule has 0 bridgehead atoms. The predicted molar refractivity (Wildman–Crippen MR) is 68.7 cm³/mol. The van der Waals surface area contributed by atoms with E-state index >= 15 is 0 Å². The Balaban J connectivity index is 2.39. The van der Waals surface area contributed by atoms with E-state index in [9.17, 15) is 0 Å². The molecule has 0 fully saturated rings. The second kappa shape index (κ2) is 4.66. The Hall–Kier alpha value is -1.07. The van der Waals surface area contributed by atoms with Crippen molar-refractivity contribution in [2.45, 2.75) is 19.5 Å². The molecule has 1 aliphatic heterocycles. The highest BCUT2D eigenvalue weighted by Gasteiger charge is 2.22. The van der Waals surface area contributed by atoms with Gasteiger partial charge in [0.05, 0.1) is 10.7 Å². The molecule has 0 unspecified atom stereocenters. The van der Waals surface area contributed by atoms with Gasteiger partial charge in [-0.15, -0.1) is 0 Å². The molecule has 0 aromatic carbocycles. The number of aromatic nitrogens is 2. The molecule has 1 aliphatic rings.